The molecule has 0 aliphatic heterocycles. The summed E-state index contributed by atoms with van der Waals surface area (Å²) in [6, 6.07) is 6.39. The summed E-state index contributed by atoms with van der Waals surface area (Å²) in [7, 11) is 0. The number of carbonyl (C=O) groups is 1. The lowest BCUT2D eigenvalue weighted by Crippen LogP contribution is -2.43. The van der Waals surface area contributed by atoms with Crippen LogP contribution in [0.3, 0.4) is 0 Å². The second-order valence-corrected chi connectivity index (χ2v) is 10.6. The number of hydrogen-bond acceptors (Lipinski definition) is 3. The smallest absolute Gasteiger partial charge is 0.311 e. The van der Waals surface area contributed by atoms with Gasteiger partial charge in [-0.2, -0.15) is 0 Å². The summed E-state index contributed by atoms with van der Waals surface area (Å²) in [6.07, 6.45) is 13.4. The SMILES string of the molecule is C[C@]12CC[C@@H]3c4ccc(OC(=O)CCC5CCCC5)cc4CC[C@H]3[C@@H]1CC[C@@H]2O. The Kier molecular flexibility index (Phi) is 5.22. The molecule has 29 heavy (non-hydrogen) atoms. The summed E-state index contributed by atoms with van der Waals surface area (Å²) in [6.45, 7) is 2.33. The van der Waals surface area contributed by atoms with Crippen LogP contribution in [0, 0.1) is 23.2 Å². The highest BCUT2D eigenvalue weighted by Gasteiger charge is 2.54. The normalized spacial score (nSPS) is 36.3. The Morgan fingerprint density at radius 1 is 1.14 bits per heavy atom. The third kappa shape index (κ3) is 3.54. The maximum Gasteiger partial charge on any atom is 0.311 e. The molecular formula is C26H36O3. The number of benzene rings is 1. The quantitative estimate of drug-likeness (QED) is 0.518. The van der Waals surface area contributed by atoms with E-state index in [9.17, 15) is 9.90 Å². The summed E-state index contributed by atoms with van der Waals surface area (Å²) in [5, 5.41) is 10.6. The van der Waals surface area contributed by atoms with E-state index in [-0.39, 0.29) is 17.5 Å². The minimum atomic E-state index is -0.110. The molecule has 3 heteroatoms. The second-order valence-electron chi connectivity index (χ2n) is 10.6. The lowest BCUT2D eigenvalue weighted by Gasteiger charge is -2.50. The molecule has 0 saturated heterocycles. The molecule has 0 bridgehead atoms. The fraction of sp³-hybridized carbons (Fsp3) is 0.731. The lowest BCUT2D eigenvalue weighted by molar-refractivity contribution is -0.134. The number of rotatable bonds is 4. The van der Waals surface area contributed by atoms with Crippen LogP contribution < -0.4 is 4.74 Å². The molecule has 4 aliphatic rings. The molecule has 0 aromatic heterocycles. The van der Waals surface area contributed by atoms with Gasteiger partial charge in [-0.3, -0.25) is 4.79 Å². The van der Waals surface area contributed by atoms with Crippen LogP contribution in [0.15, 0.2) is 18.2 Å². The minimum absolute atomic E-state index is 0.0705. The van der Waals surface area contributed by atoms with Crippen molar-refractivity contribution < 1.29 is 14.6 Å². The summed E-state index contributed by atoms with van der Waals surface area (Å²) in [4.78, 5) is 12.3. The van der Waals surface area contributed by atoms with Gasteiger partial charge in [-0.1, -0.05) is 38.7 Å². The topological polar surface area (TPSA) is 46.5 Å². The number of fused-ring (bicyclic) bond motifs is 5. The van der Waals surface area contributed by atoms with Crippen molar-refractivity contribution in [3.05, 3.63) is 29.3 Å². The molecule has 0 spiro atoms. The zero-order valence-electron chi connectivity index (χ0n) is 17.9. The van der Waals surface area contributed by atoms with E-state index in [4.69, 9.17) is 4.74 Å². The van der Waals surface area contributed by atoms with Crippen molar-refractivity contribution in [1.82, 2.24) is 0 Å². The Morgan fingerprint density at radius 2 is 1.97 bits per heavy atom. The molecule has 0 heterocycles. The van der Waals surface area contributed by atoms with Crippen molar-refractivity contribution in [3.8, 4) is 5.75 Å². The molecule has 1 N–H and O–H groups in total. The van der Waals surface area contributed by atoms with Gasteiger partial charge in [0.2, 0.25) is 0 Å². The Balaban J connectivity index is 1.25. The number of aliphatic hydroxyl groups is 1. The van der Waals surface area contributed by atoms with Gasteiger partial charge in [-0.15, -0.1) is 0 Å². The van der Waals surface area contributed by atoms with Crippen LogP contribution in [0.5, 0.6) is 5.75 Å². The second kappa shape index (κ2) is 7.72. The highest BCUT2D eigenvalue weighted by atomic mass is 16.5. The van der Waals surface area contributed by atoms with E-state index in [1.54, 1.807) is 0 Å². The third-order valence-electron chi connectivity index (χ3n) is 9.11. The Bertz CT molecular complexity index is 765. The van der Waals surface area contributed by atoms with Gasteiger partial charge < -0.3 is 9.84 Å². The molecule has 158 valence electrons. The number of hydrogen-bond donors (Lipinski definition) is 1. The van der Waals surface area contributed by atoms with Gasteiger partial charge in [0, 0.05) is 6.42 Å². The molecule has 0 amide bonds. The monoisotopic (exact) mass is 396 g/mol. The third-order valence-corrected chi connectivity index (χ3v) is 9.11. The van der Waals surface area contributed by atoms with Crippen molar-refractivity contribution in [2.75, 3.05) is 0 Å². The zero-order chi connectivity index (χ0) is 20.0. The molecule has 3 fully saturated rings. The first-order chi connectivity index (χ1) is 14.0. The summed E-state index contributed by atoms with van der Waals surface area (Å²) in [5.74, 6) is 3.38. The first-order valence-electron chi connectivity index (χ1n) is 12.1. The van der Waals surface area contributed by atoms with Crippen molar-refractivity contribution in [3.63, 3.8) is 0 Å². The first-order valence-corrected chi connectivity index (χ1v) is 12.1. The number of aryl methyl sites for hydroxylation is 1. The maximum atomic E-state index is 12.3. The molecule has 3 nitrogen and oxygen atoms in total. The van der Waals surface area contributed by atoms with E-state index in [1.807, 2.05) is 6.07 Å². The summed E-state index contributed by atoms with van der Waals surface area (Å²) >= 11 is 0. The van der Waals surface area contributed by atoms with Crippen molar-refractivity contribution in [2.24, 2.45) is 23.2 Å². The van der Waals surface area contributed by atoms with E-state index < -0.39 is 0 Å². The van der Waals surface area contributed by atoms with Gasteiger partial charge in [0.25, 0.3) is 0 Å². The highest BCUT2D eigenvalue weighted by Crippen LogP contribution is 2.60. The first kappa shape index (κ1) is 19.6. The van der Waals surface area contributed by atoms with Crippen LogP contribution in [0.2, 0.25) is 0 Å². The molecule has 1 aromatic rings. The van der Waals surface area contributed by atoms with E-state index in [1.165, 1.54) is 56.1 Å². The van der Waals surface area contributed by atoms with Crippen LogP contribution in [0.25, 0.3) is 0 Å². The summed E-state index contributed by atoms with van der Waals surface area (Å²) in [5.41, 5.74) is 3.00. The summed E-state index contributed by atoms with van der Waals surface area (Å²) < 4.78 is 5.70. The molecule has 0 unspecified atom stereocenters. The average Bonchev–Trinajstić information content (AvgIpc) is 3.34. The molecule has 5 rings (SSSR count). The largest absolute Gasteiger partial charge is 0.427 e. The van der Waals surface area contributed by atoms with E-state index >= 15 is 0 Å². The fourth-order valence-electron chi connectivity index (χ4n) is 7.40. The van der Waals surface area contributed by atoms with Gasteiger partial charge >= 0.3 is 5.97 Å². The average molecular weight is 397 g/mol. The van der Waals surface area contributed by atoms with Crippen molar-refractivity contribution in [1.29, 1.82) is 0 Å². The number of carbonyl (C=O) groups excluding carboxylic acids is 1. The Morgan fingerprint density at radius 3 is 2.79 bits per heavy atom. The molecule has 0 radical (unpaired) electrons. The van der Waals surface area contributed by atoms with Gasteiger partial charge in [-0.05, 0) is 97.3 Å². The van der Waals surface area contributed by atoms with Crippen LogP contribution in [0.1, 0.15) is 94.6 Å². The zero-order valence-corrected chi connectivity index (χ0v) is 17.9. The van der Waals surface area contributed by atoms with Crippen LogP contribution in [0.4, 0.5) is 0 Å². The Labute approximate surface area is 175 Å². The van der Waals surface area contributed by atoms with Gasteiger partial charge in [0.05, 0.1) is 6.10 Å². The molecule has 5 atom stereocenters. The van der Waals surface area contributed by atoms with Gasteiger partial charge in [0.1, 0.15) is 5.75 Å². The predicted octanol–water partition coefficient (Wildman–Crippen LogP) is 5.78. The maximum absolute atomic E-state index is 12.3. The molecule has 4 aliphatic carbocycles. The number of esters is 1. The van der Waals surface area contributed by atoms with Crippen LogP contribution in [-0.4, -0.2) is 17.2 Å². The van der Waals surface area contributed by atoms with E-state index in [2.05, 4.69) is 19.1 Å². The van der Waals surface area contributed by atoms with Gasteiger partial charge in [0.15, 0.2) is 0 Å². The van der Waals surface area contributed by atoms with E-state index in [0.717, 1.165) is 37.4 Å². The van der Waals surface area contributed by atoms with Crippen LogP contribution in [-0.2, 0) is 11.2 Å². The Hall–Kier alpha value is -1.35. The highest BCUT2D eigenvalue weighted by molar-refractivity contribution is 5.72. The number of ether oxygens (including phenoxy) is 1. The lowest BCUT2D eigenvalue weighted by atomic mass is 9.55. The fourth-order valence-corrected chi connectivity index (χ4v) is 7.40. The standard InChI is InChI=1S/C26H36O3/c1-26-15-14-21-20-10-8-19(29-25(28)13-6-17-4-2-3-5-17)16-18(20)7-9-22(21)23(26)11-12-24(26)27/h8,10,16-17,21-24,27H,2-7,9,11-15H2,1H3/t21-,22-,23+,24+,26+/m1/s1. The van der Waals surface area contributed by atoms with Gasteiger partial charge in [-0.25, -0.2) is 0 Å². The van der Waals surface area contributed by atoms with Crippen molar-refractivity contribution in [2.45, 2.75) is 96.0 Å². The predicted molar refractivity (Wildman–Crippen MR) is 114 cm³/mol. The molecule has 1 aromatic carbocycles. The molecule has 3 saturated carbocycles. The van der Waals surface area contributed by atoms with Crippen molar-refractivity contribution >= 4 is 5.97 Å². The minimum Gasteiger partial charge on any atom is -0.427 e. The van der Waals surface area contributed by atoms with Crippen LogP contribution >= 0.6 is 0 Å². The number of aliphatic hydroxyl groups excluding tert-OH is 1. The van der Waals surface area contributed by atoms with E-state index in [0.29, 0.717) is 24.2 Å². The molecular weight excluding hydrogens is 360 g/mol.